The van der Waals surface area contributed by atoms with Crippen LogP contribution in [0.15, 0.2) is 30.3 Å². The summed E-state index contributed by atoms with van der Waals surface area (Å²) < 4.78 is 0. The molecule has 2 nitrogen and oxygen atoms in total. The highest BCUT2D eigenvalue weighted by Gasteiger charge is 2.22. The molecule has 0 saturated heterocycles. The van der Waals surface area contributed by atoms with Gasteiger partial charge in [-0.2, -0.15) is 0 Å². The highest BCUT2D eigenvalue weighted by molar-refractivity contribution is 5.76. The van der Waals surface area contributed by atoms with Crippen LogP contribution in [-0.2, 0) is 11.2 Å². The number of hydrogen-bond acceptors (Lipinski definition) is 1. The summed E-state index contributed by atoms with van der Waals surface area (Å²) >= 11 is 0. The Hall–Kier alpha value is -1.31. The Bertz CT molecular complexity index is 364. The summed E-state index contributed by atoms with van der Waals surface area (Å²) in [4.78, 5) is 11.8. The highest BCUT2D eigenvalue weighted by atomic mass is 16.1. The van der Waals surface area contributed by atoms with Crippen LogP contribution in [-0.4, -0.2) is 12.5 Å². The molecule has 0 heterocycles. The molecule has 1 aromatic rings. The molecule has 0 aliphatic carbocycles. The van der Waals surface area contributed by atoms with Gasteiger partial charge in [0.25, 0.3) is 0 Å². The van der Waals surface area contributed by atoms with Gasteiger partial charge < -0.3 is 5.32 Å². The first-order valence-corrected chi connectivity index (χ1v) is 6.70. The van der Waals surface area contributed by atoms with Gasteiger partial charge in [0.15, 0.2) is 0 Å². The first-order chi connectivity index (χ1) is 8.39. The number of nitrogens with one attached hydrogen (secondary N) is 1. The van der Waals surface area contributed by atoms with Gasteiger partial charge in [0.2, 0.25) is 5.91 Å². The van der Waals surface area contributed by atoms with Crippen molar-refractivity contribution in [1.82, 2.24) is 5.32 Å². The monoisotopic (exact) mass is 247 g/mol. The Morgan fingerprint density at radius 2 is 1.83 bits per heavy atom. The lowest BCUT2D eigenvalue weighted by Crippen LogP contribution is -2.30. The zero-order valence-electron chi connectivity index (χ0n) is 12.0. The van der Waals surface area contributed by atoms with E-state index in [1.165, 1.54) is 5.56 Å². The van der Waals surface area contributed by atoms with Crippen LogP contribution in [0.25, 0.3) is 0 Å². The van der Waals surface area contributed by atoms with E-state index >= 15 is 0 Å². The number of amides is 1. The Labute approximate surface area is 111 Å². The molecule has 0 saturated carbocycles. The Balaban J connectivity index is 2.26. The quantitative estimate of drug-likeness (QED) is 0.848. The van der Waals surface area contributed by atoms with Gasteiger partial charge in [-0.3, -0.25) is 4.79 Å². The van der Waals surface area contributed by atoms with Crippen LogP contribution in [0.2, 0.25) is 0 Å². The van der Waals surface area contributed by atoms with E-state index in [-0.39, 0.29) is 11.3 Å². The zero-order valence-corrected chi connectivity index (χ0v) is 12.0. The second-order valence-corrected chi connectivity index (χ2v) is 6.06. The van der Waals surface area contributed by atoms with Gasteiger partial charge in [-0.1, -0.05) is 58.0 Å². The lowest BCUT2D eigenvalue weighted by atomic mass is 9.80. The number of hydrogen-bond donors (Lipinski definition) is 1. The van der Waals surface area contributed by atoms with Gasteiger partial charge in [0, 0.05) is 13.0 Å². The molecule has 0 fully saturated rings. The smallest absolute Gasteiger partial charge is 0.220 e. The fourth-order valence-corrected chi connectivity index (χ4v) is 1.65. The highest BCUT2D eigenvalue weighted by Crippen LogP contribution is 2.27. The molecule has 1 rings (SSSR count). The van der Waals surface area contributed by atoms with Gasteiger partial charge in [0.05, 0.1) is 0 Å². The van der Waals surface area contributed by atoms with Crippen molar-refractivity contribution in [2.45, 2.75) is 40.5 Å². The van der Waals surface area contributed by atoms with Crippen LogP contribution in [0, 0.1) is 11.3 Å². The van der Waals surface area contributed by atoms with Crippen molar-refractivity contribution in [3.8, 4) is 0 Å². The van der Waals surface area contributed by atoms with E-state index in [2.05, 4.69) is 45.1 Å². The normalized spacial score (nSPS) is 13.1. The van der Waals surface area contributed by atoms with Gasteiger partial charge in [-0.15, -0.1) is 0 Å². The molecule has 1 amide bonds. The molecule has 0 spiro atoms. The second-order valence-electron chi connectivity index (χ2n) is 6.06. The summed E-state index contributed by atoms with van der Waals surface area (Å²) in [5.41, 5.74) is 1.46. The summed E-state index contributed by atoms with van der Waals surface area (Å²) in [7, 11) is 0. The number of carbonyl (C=O) groups is 1. The molecular weight excluding hydrogens is 222 g/mol. The fraction of sp³-hybridized carbons (Fsp3) is 0.562. The molecule has 0 bridgehead atoms. The Morgan fingerprint density at radius 3 is 2.39 bits per heavy atom. The van der Waals surface area contributed by atoms with Crippen LogP contribution >= 0.6 is 0 Å². The number of benzene rings is 1. The van der Waals surface area contributed by atoms with Crippen LogP contribution in [0.4, 0.5) is 0 Å². The van der Waals surface area contributed by atoms with E-state index in [4.69, 9.17) is 0 Å². The first-order valence-electron chi connectivity index (χ1n) is 6.70. The summed E-state index contributed by atoms with van der Waals surface area (Å²) in [6.45, 7) is 9.38. The fourth-order valence-electron chi connectivity index (χ4n) is 1.65. The molecule has 0 aliphatic heterocycles. The maximum atomic E-state index is 11.8. The molecule has 18 heavy (non-hydrogen) atoms. The van der Waals surface area contributed by atoms with Crippen LogP contribution in [0.5, 0.6) is 0 Å². The van der Waals surface area contributed by atoms with E-state index in [1.54, 1.807) is 0 Å². The molecule has 1 N–H and O–H groups in total. The topological polar surface area (TPSA) is 29.1 Å². The third-order valence-corrected chi connectivity index (χ3v) is 3.55. The lowest BCUT2D eigenvalue weighted by Gasteiger charge is -2.26. The summed E-state index contributed by atoms with van der Waals surface area (Å²) in [6, 6.07) is 10.2. The van der Waals surface area contributed by atoms with E-state index in [0.29, 0.717) is 12.3 Å². The largest absolute Gasteiger partial charge is 0.356 e. The van der Waals surface area contributed by atoms with Crippen molar-refractivity contribution >= 4 is 5.91 Å². The van der Waals surface area contributed by atoms with Crippen LogP contribution in [0.3, 0.4) is 0 Å². The molecule has 0 radical (unpaired) electrons. The van der Waals surface area contributed by atoms with Crippen LogP contribution in [0.1, 0.15) is 39.7 Å². The van der Waals surface area contributed by atoms with Crippen LogP contribution < -0.4 is 5.32 Å². The SMILES string of the molecule is C[C@H](CC(=O)NCCc1ccccc1)C(C)(C)C. The minimum Gasteiger partial charge on any atom is -0.356 e. The van der Waals surface area contributed by atoms with Crippen molar-refractivity contribution in [2.24, 2.45) is 11.3 Å². The molecule has 100 valence electrons. The van der Waals surface area contributed by atoms with Gasteiger partial charge in [-0.25, -0.2) is 0 Å². The molecule has 0 aromatic heterocycles. The van der Waals surface area contributed by atoms with E-state index in [1.807, 2.05) is 18.2 Å². The third kappa shape index (κ3) is 5.35. The maximum absolute atomic E-state index is 11.8. The van der Waals surface area contributed by atoms with E-state index < -0.39 is 0 Å². The lowest BCUT2D eigenvalue weighted by molar-refractivity contribution is -0.122. The van der Waals surface area contributed by atoms with Crippen molar-refractivity contribution in [1.29, 1.82) is 0 Å². The van der Waals surface area contributed by atoms with E-state index in [9.17, 15) is 4.79 Å². The summed E-state index contributed by atoms with van der Waals surface area (Å²) in [5.74, 6) is 0.558. The Morgan fingerprint density at radius 1 is 1.22 bits per heavy atom. The summed E-state index contributed by atoms with van der Waals surface area (Å²) in [5, 5.41) is 3.00. The zero-order chi connectivity index (χ0) is 13.6. The second kappa shape index (κ2) is 6.58. The predicted octanol–water partition coefficient (Wildman–Crippen LogP) is 3.42. The van der Waals surface area contributed by atoms with Gasteiger partial charge in [0.1, 0.15) is 0 Å². The predicted molar refractivity (Wildman–Crippen MR) is 76.4 cm³/mol. The minimum absolute atomic E-state index is 0.161. The Kier molecular flexibility index (Phi) is 5.39. The van der Waals surface area contributed by atoms with Crippen molar-refractivity contribution < 1.29 is 4.79 Å². The van der Waals surface area contributed by atoms with E-state index in [0.717, 1.165) is 13.0 Å². The first kappa shape index (κ1) is 14.7. The third-order valence-electron chi connectivity index (χ3n) is 3.55. The van der Waals surface area contributed by atoms with Crippen molar-refractivity contribution in [2.75, 3.05) is 6.54 Å². The molecule has 1 atom stereocenters. The number of rotatable bonds is 5. The average molecular weight is 247 g/mol. The van der Waals surface area contributed by atoms with Crippen molar-refractivity contribution in [3.05, 3.63) is 35.9 Å². The minimum atomic E-state index is 0.161. The van der Waals surface area contributed by atoms with Gasteiger partial charge >= 0.3 is 0 Å². The molecule has 0 unspecified atom stereocenters. The number of carbonyl (C=O) groups excluding carboxylic acids is 1. The molecule has 1 aromatic carbocycles. The standard InChI is InChI=1S/C16H25NO/c1-13(16(2,3)4)12-15(18)17-11-10-14-8-6-5-7-9-14/h5-9,13H,10-12H2,1-4H3,(H,17,18)/t13-/m1/s1. The van der Waals surface area contributed by atoms with Crippen molar-refractivity contribution in [3.63, 3.8) is 0 Å². The van der Waals surface area contributed by atoms with Gasteiger partial charge in [-0.05, 0) is 23.3 Å². The molecular formula is C16H25NO. The maximum Gasteiger partial charge on any atom is 0.220 e. The average Bonchev–Trinajstić information content (AvgIpc) is 2.29. The molecule has 2 heteroatoms. The summed E-state index contributed by atoms with van der Waals surface area (Å²) in [6.07, 6.45) is 1.51. The molecule has 0 aliphatic rings.